The number of aliphatic hydroxyl groups is 1. The van der Waals surface area contributed by atoms with Crippen LogP contribution in [0.1, 0.15) is 125 Å². The van der Waals surface area contributed by atoms with Gasteiger partial charge in [-0.2, -0.15) is 0 Å². The molecule has 0 heterocycles. The Kier molecular flexibility index (Phi) is 6.68. The Balaban J connectivity index is 1.41. The van der Waals surface area contributed by atoms with Gasteiger partial charge < -0.3 is 5.11 Å². The molecule has 4 aliphatic carbocycles. The zero-order valence-electron chi connectivity index (χ0n) is 20.8. The summed E-state index contributed by atoms with van der Waals surface area (Å²) < 4.78 is 0. The Labute approximate surface area is 187 Å². The van der Waals surface area contributed by atoms with Gasteiger partial charge in [0.15, 0.2) is 0 Å². The van der Waals surface area contributed by atoms with Crippen LogP contribution < -0.4 is 0 Å². The third kappa shape index (κ3) is 3.79. The van der Waals surface area contributed by atoms with Crippen LogP contribution >= 0.6 is 0 Å². The molecule has 0 saturated heterocycles. The van der Waals surface area contributed by atoms with Crippen LogP contribution in [0.2, 0.25) is 0 Å². The SMILES string of the molecule is CCC(O)=C(C)CCC[C@@H](C)[C@H]1CC[C@H]2[C@@H]3CCC4CCCC[C@]4(C)[C@H]3CC[C@]12C. The molecule has 0 aromatic heterocycles. The monoisotopic (exact) mass is 414 g/mol. The molecule has 0 bridgehead atoms. The molecule has 0 amide bonds. The maximum absolute atomic E-state index is 9.99. The van der Waals surface area contributed by atoms with Gasteiger partial charge in [-0.3, -0.25) is 0 Å². The minimum absolute atomic E-state index is 0.606. The van der Waals surface area contributed by atoms with Gasteiger partial charge in [0.05, 0.1) is 5.76 Å². The van der Waals surface area contributed by atoms with Crippen molar-refractivity contribution in [3.05, 3.63) is 11.3 Å². The summed E-state index contributed by atoms with van der Waals surface area (Å²) in [6.45, 7) is 12.2. The Morgan fingerprint density at radius 1 is 0.933 bits per heavy atom. The van der Waals surface area contributed by atoms with Crippen molar-refractivity contribution >= 4 is 0 Å². The number of allylic oxidation sites excluding steroid dienone is 2. The van der Waals surface area contributed by atoms with Crippen LogP contribution in [0.3, 0.4) is 0 Å². The van der Waals surface area contributed by atoms with Gasteiger partial charge in [-0.25, -0.2) is 0 Å². The molecule has 4 fully saturated rings. The first kappa shape index (κ1) is 22.7. The van der Waals surface area contributed by atoms with Gasteiger partial charge in [0, 0.05) is 6.42 Å². The lowest BCUT2D eigenvalue weighted by atomic mass is 9.44. The van der Waals surface area contributed by atoms with Crippen LogP contribution in [0, 0.1) is 46.3 Å². The van der Waals surface area contributed by atoms with Crippen molar-refractivity contribution in [2.45, 2.75) is 125 Å². The van der Waals surface area contributed by atoms with Crippen molar-refractivity contribution < 1.29 is 5.11 Å². The minimum Gasteiger partial charge on any atom is -0.512 e. The van der Waals surface area contributed by atoms with Gasteiger partial charge in [0.1, 0.15) is 0 Å². The first-order valence-electron chi connectivity index (χ1n) is 13.7. The van der Waals surface area contributed by atoms with Crippen molar-refractivity contribution in [3.8, 4) is 0 Å². The van der Waals surface area contributed by atoms with E-state index in [1.807, 2.05) is 0 Å². The van der Waals surface area contributed by atoms with Crippen molar-refractivity contribution in [1.82, 2.24) is 0 Å². The van der Waals surface area contributed by atoms with Crippen LogP contribution in [0.15, 0.2) is 11.3 Å². The predicted octanol–water partition coefficient (Wildman–Crippen LogP) is 9.08. The number of rotatable bonds is 6. The molecule has 30 heavy (non-hydrogen) atoms. The van der Waals surface area contributed by atoms with Crippen molar-refractivity contribution in [2.24, 2.45) is 46.3 Å². The van der Waals surface area contributed by atoms with E-state index in [2.05, 4.69) is 34.6 Å². The second-order valence-electron chi connectivity index (χ2n) is 12.6. The fourth-order valence-electron chi connectivity index (χ4n) is 9.61. The molecule has 1 heteroatoms. The molecule has 1 nitrogen and oxygen atoms in total. The van der Waals surface area contributed by atoms with Gasteiger partial charge in [-0.05, 0) is 123 Å². The number of fused-ring (bicyclic) bond motifs is 5. The van der Waals surface area contributed by atoms with Gasteiger partial charge in [-0.1, -0.05) is 47.0 Å². The van der Waals surface area contributed by atoms with E-state index < -0.39 is 0 Å². The highest BCUT2D eigenvalue weighted by Crippen LogP contribution is 2.68. The lowest BCUT2D eigenvalue weighted by Gasteiger charge is -2.61. The lowest BCUT2D eigenvalue weighted by Crippen LogP contribution is -2.53. The maximum Gasteiger partial charge on any atom is 0.0909 e. The number of hydrogen-bond acceptors (Lipinski definition) is 1. The molecular weight excluding hydrogens is 364 g/mol. The van der Waals surface area contributed by atoms with E-state index in [0.29, 0.717) is 16.6 Å². The second-order valence-corrected chi connectivity index (χ2v) is 12.6. The number of hydrogen-bond donors (Lipinski definition) is 1. The lowest BCUT2D eigenvalue weighted by molar-refractivity contribution is -0.114. The van der Waals surface area contributed by atoms with Crippen LogP contribution in [0.4, 0.5) is 0 Å². The summed E-state index contributed by atoms with van der Waals surface area (Å²) >= 11 is 0. The van der Waals surface area contributed by atoms with Gasteiger partial charge in [-0.15, -0.1) is 0 Å². The van der Waals surface area contributed by atoms with Gasteiger partial charge >= 0.3 is 0 Å². The summed E-state index contributed by atoms with van der Waals surface area (Å²) in [7, 11) is 0. The second kappa shape index (κ2) is 8.82. The summed E-state index contributed by atoms with van der Waals surface area (Å²) in [5.41, 5.74) is 2.50. The average Bonchev–Trinajstić information content (AvgIpc) is 3.09. The summed E-state index contributed by atoms with van der Waals surface area (Å²) in [5, 5.41) is 9.99. The van der Waals surface area contributed by atoms with E-state index in [0.717, 1.165) is 48.3 Å². The highest BCUT2D eigenvalue weighted by molar-refractivity contribution is 5.09. The van der Waals surface area contributed by atoms with E-state index in [-0.39, 0.29) is 0 Å². The largest absolute Gasteiger partial charge is 0.512 e. The first-order chi connectivity index (χ1) is 14.3. The van der Waals surface area contributed by atoms with Crippen molar-refractivity contribution in [3.63, 3.8) is 0 Å². The zero-order chi connectivity index (χ0) is 21.5. The van der Waals surface area contributed by atoms with Gasteiger partial charge in [0.2, 0.25) is 0 Å². The molecule has 4 aliphatic rings. The summed E-state index contributed by atoms with van der Waals surface area (Å²) in [4.78, 5) is 0. The molecule has 1 unspecified atom stereocenters. The van der Waals surface area contributed by atoms with Crippen molar-refractivity contribution in [1.29, 1.82) is 0 Å². The summed E-state index contributed by atoms with van der Waals surface area (Å²) in [6, 6.07) is 0. The third-order valence-corrected chi connectivity index (χ3v) is 11.4. The highest BCUT2D eigenvalue weighted by atomic mass is 16.3. The molecule has 1 N–H and O–H groups in total. The zero-order valence-corrected chi connectivity index (χ0v) is 20.8. The average molecular weight is 415 g/mol. The Morgan fingerprint density at radius 2 is 1.70 bits per heavy atom. The van der Waals surface area contributed by atoms with E-state index in [4.69, 9.17) is 0 Å². The smallest absolute Gasteiger partial charge is 0.0909 e. The van der Waals surface area contributed by atoms with Crippen molar-refractivity contribution in [2.75, 3.05) is 0 Å². The molecule has 0 radical (unpaired) electrons. The van der Waals surface area contributed by atoms with Crippen LogP contribution in [0.25, 0.3) is 0 Å². The number of aliphatic hydroxyl groups excluding tert-OH is 1. The summed E-state index contributed by atoms with van der Waals surface area (Å²) in [5.74, 6) is 6.53. The van der Waals surface area contributed by atoms with Crippen LogP contribution in [-0.4, -0.2) is 5.11 Å². The molecule has 0 aromatic carbocycles. The Hall–Kier alpha value is -0.460. The van der Waals surface area contributed by atoms with E-state index in [1.54, 1.807) is 6.42 Å². The third-order valence-electron chi connectivity index (χ3n) is 11.4. The Morgan fingerprint density at radius 3 is 2.47 bits per heavy atom. The standard InChI is InChI=1S/C29H50O/c1-6-27(30)21(3)11-9-10-20(2)24-15-16-25-23-14-13-22-12-7-8-18-28(22,4)26(23)17-19-29(24,25)5/h20,22-26,30H,6-19H2,1-5H3/t20-,22?,23+,24-,25+,26+,28+,29-/m1/s1. The fraction of sp³-hybridized carbons (Fsp3) is 0.931. The Bertz CT molecular complexity index is 634. The van der Waals surface area contributed by atoms with Crippen LogP contribution in [0.5, 0.6) is 0 Å². The molecule has 172 valence electrons. The maximum atomic E-state index is 9.99. The van der Waals surface area contributed by atoms with Gasteiger partial charge in [0.25, 0.3) is 0 Å². The summed E-state index contributed by atoms with van der Waals surface area (Å²) in [6.07, 6.45) is 19.6. The van der Waals surface area contributed by atoms with E-state index >= 15 is 0 Å². The van der Waals surface area contributed by atoms with E-state index in [1.165, 1.54) is 76.2 Å². The molecule has 0 spiro atoms. The molecule has 4 saturated carbocycles. The molecule has 4 rings (SSSR count). The minimum atomic E-state index is 0.606. The topological polar surface area (TPSA) is 20.2 Å². The fourth-order valence-corrected chi connectivity index (χ4v) is 9.61. The molecule has 0 aliphatic heterocycles. The normalized spacial score (nSPS) is 45.2. The molecular formula is C29H50O. The van der Waals surface area contributed by atoms with Crippen LogP contribution in [-0.2, 0) is 0 Å². The molecule has 8 atom stereocenters. The highest BCUT2D eigenvalue weighted by Gasteiger charge is 2.59. The first-order valence-corrected chi connectivity index (χ1v) is 13.7. The predicted molar refractivity (Wildman–Crippen MR) is 128 cm³/mol. The molecule has 0 aromatic rings. The van der Waals surface area contributed by atoms with E-state index in [9.17, 15) is 5.11 Å². The quantitative estimate of drug-likeness (QED) is 0.430.